The third-order valence-corrected chi connectivity index (χ3v) is 8.51. The summed E-state index contributed by atoms with van der Waals surface area (Å²) in [6, 6.07) is 12.2. The molecule has 0 radical (unpaired) electrons. The lowest BCUT2D eigenvalue weighted by molar-refractivity contribution is -0.192. The van der Waals surface area contributed by atoms with E-state index in [9.17, 15) is 52.2 Å². The number of alkyl carbamates (subject to hydrolysis) is 1. The highest BCUT2D eigenvalue weighted by atomic mass is 19.4. The van der Waals surface area contributed by atoms with E-state index in [0.717, 1.165) is 5.56 Å². The number of aliphatic carboxylic acids is 3. The Kier molecular flexibility index (Phi) is 23.2. The van der Waals surface area contributed by atoms with E-state index < -0.39 is 78.1 Å². The second-order valence-electron chi connectivity index (χ2n) is 13.1. The minimum atomic E-state index is -5.08. The molecule has 0 aliphatic carbocycles. The molecule has 20 heteroatoms. The van der Waals surface area contributed by atoms with E-state index in [-0.39, 0.29) is 32.4 Å². The van der Waals surface area contributed by atoms with E-state index in [4.69, 9.17) is 20.4 Å². The first-order chi connectivity index (χ1) is 27.4. The first kappa shape index (κ1) is 50.1. The van der Waals surface area contributed by atoms with Crippen LogP contribution < -0.4 is 32.3 Å². The Morgan fingerprint density at radius 3 is 1.74 bits per heavy atom. The maximum absolute atomic E-state index is 13.7. The van der Waals surface area contributed by atoms with Gasteiger partial charge in [-0.3, -0.25) is 9.59 Å². The molecule has 0 saturated carbocycles. The quantitative estimate of drug-likeness (QED) is 0.0731. The van der Waals surface area contributed by atoms with Crippen molar-refractivity contribution in [1.82, 2.24) is 26.6 Å². The zero-order chi connectivity index (χ0) is 43.7. The second-order valence-corrected chi connectivity index (χ2v) is 13.1. The van der Waals surface area contributed by atoms with E-state index in [2.05, 4.69) is 26.6 Å². The molecule has 0 bridgehead atoms. The Labute approximate surface area is 333 Å². The van der Waals surface area contributed by atoms with E-state index >= 15 is 0 Å². The summed E-state index contributed by atoms with van der Waals surface area (Å²) < 4.78 is 36.9. The number of nitrogens with one attached hydrogen (secondary N) is 5. The van der Waals surface area contributed by atoms with Crippen LogP contribution in [0.5, 0.6) is 0 Å². The smallest absolute Gasteiger partial charge is 0.480 e. The van der Waals surface area contributed by atoms with Crippen LogP contribution >= 0.6 is 0 Å². The Hall–Kier alpha value is -5.92. The maximum Gasteiger partial charge on any atom is 0.490 e. The number of nitrogens with two attached hydrogens (primary N) is 1. The molecule has 17 nitrogen and oxygen atoms in total. The maximum atomic E-state index is 13.7. The molecule has 2 rings (SSSR count). The van der Waals surface area contributed by atoms with Crippen LogP contribution in [0.4, 0.5) is 22.8 Å². The van der Waals surface area contributed by atoms with Crippen molar-refractivity contribution in [2.24, 2.45) is 11.7 Å². The number of carbonyl (C=O) groups excluding carboxylic acids is 4. The van der Waals surface area contributed by atoms with Gasteiger partial charge in [-0.15, -0.1) is 0 Å². The van der Waals surface area contributed by atoms with Crippen molar-refractivity contribution in [1.29, 1.82) is 0 Å². The number of rotatable bonds is 23. The summed E-state index contributed by atoms with van der Waals surface area (Å²) in [5.74, 6) is -7.08. The molecule has 0 aliphatic heterocycles. The molecule has 0 unspecified atom stereocenters. The number of hydrogen-bond acceptors (Lipinski definition) is 9. The highest BCUT2D eigenvalue weighted by molar-refractivity contribution is 5.94. The lowest BCUT2D eigenvalue weighted by Gasteiger charge is -2.28. The van der Waals surface area contributed by atoms with Crippen LogP contribution in [0.3, 0.4) is 0 Å². The van der Waals surface area contributed by atoms with Gasteiger partial charge in [-0.05, 0) is 62.1 Å². The number of alkyl halides is 3. The van der Waals surface area contributed by atoms with Gasteiger partial charge in [-0.2, -0.15) is 13.2 Å². The van der Waals surface area contributed by atoms with E-state index in [0.29, 0.717) is 44.2 Å². The van der Waals surface area contributed by atoms with Crippen LogP contribution in [-0.4, -0.2) is 101 Å². The van der Waals surface area contributed by atoms with Crippen molar-refractivity contribution in [3.8, 4) is 0 Å². The summed E-state index contributed by atoms with van der Waals surface area (Å²) in [6.07, 6.45) is -3.23. The number of ether oxygens (including phenoxy) is 1. The number of halogens is 3. The van der Waals surface area contributed by atoms with Gasteiger partial charge in [0.1, 0.15) is 30.8 Å². The lowest BCUT2D eigenvalue weighted by atomic mass is 9.96. The molecule has 0 fully saturated rings. The molecule has 5 amide bonds. The summed E-state index contributed by atoms with van der Waals surface area (Å²) in [6.45, 7) is 4.22. The van der Waals surface area contributed by atoms with Crippen molar-refractivity contribution in [3.63, 3.8) is 0 Å². The fourth-order valence-corrected chi connectivity index (χ4v) is 5.08. The molecule has 322 valence electrons. The zero-order valence-corrected chi connectivity index (χ0v) is 32.3. The Bertz CT molecular complexity index is 1600. The largest absolute Gasteiger partial charge is 0.490 e. The average molecular weight is 827 g/mol. The second kappa shape index (κ2) is 26.8. The number of carboxylic acids is 3. The number of carbonyl (C=O) groups is 7. The lowest BCUT2D eigenvalue weighted by Crippen LogP contribution is -2.59. The van der Waals surface area contributed by atoms with Crippen molar-refractivity contribution in [3.05, 3.63) is 71.8 Å². The molecule has 0 aliphatic rings. The molecule has 5 atom stereocenters. The minimum absolute atomic E-state index is 0.0251. The topological polar surface area (TPSA) is 276 Å². The van der Waals surface area contributed by atoms with Crippen molar-refractivity contribution >= 4 is 41.8 Å². The van der Waals surface area contributed by atoms with Crippen LogP contribution in [0.15, 0.2) is 60.7 Å². The summed E-state index contributed by atoms with van der Waals surface area (Å²) in [5.41, 5.74) is 7.03. The van der Waals surface area contributed by atoms with Gasteiger partial charge in [0.25, 0.3) is 0 Å². The van der Waals surface area contributed by atoms with Crippen molar-refractivity contribution in [2.45, 2.75) is 102 Å². The van der Waals surface area contributed by atoms with Gasteiger partial charge in [0.15, 0.2) is 0 Å². The highest BCUT2D eigenvalue weighted by Crippen LogP contribution is 2.14. The number of hydrogen-bond donors (Lipinski definition) is 9. The van der Waals surface area contributed by atoms with E-state index in [1.54, 1.807) is 37.3 Å². The summed E-state index contributed by atoms with van der Waals surface area (Å²) in [5, 5.41) is 39.3. The Balaban J connectivity index is 0.00000219. The third-order valence-electron chi connectivity index (χ3n) is 8.51. The molecular weight excluding hydrogens is 773 g/mol. The number of urea groups is 1. The predicted octanol–water partition coefficient (Wildman–Crippen LogP) is 3.31. The van der Waals surface area contributed by atoms with Crippen LogP contribution in [0.25, 0.3) is 0 Å². The Morgan fingerprint density at radius 1 is 0.707 bits per heavy atom. The van der Waals surface area contributed by atoms with E-state index in [1.807, 2.05) is 37.3 Å². The average Bonchev–Trinajstić information content (AvgIpc) is 3.18. The first-order valence-corrected chi connectivity index (χ1v) is 18.5. The number of unbranched alkanes of at least 4 members (excludes halogenated alkanes) is 2. The first-order valence-electron chi connectivity index (χ1n) is 18.5. The number of amides is 5. The standard InChI is InChI=1S/C36H52N6O9.C2HF3O2/c1-3-24(2)30(32(44)39-29(34(47)48)22-25-14-6-4-7-15-25)42-31(43)27(40-35(49)41-28(33(45)46)19-10-12-20-37)18-11-13-21-38-36(50)51-23-26-16-8-5-9-17-26;3-2(4,5)1(6)7/h4-9,14-17,24,27-30H,3,10-13,18-23,37H2,1-2H3,(H,38,50)(H,39,44)(H,42,43)(H,45,46)(H,47,48)(H2,40,41,49);(H,6,7)/t24-,27-,28+,29+,30+;/m1./s1. The van der Waals surface area contributed by atoms with Gasteiger partial charge < -0.3 is 52.4 Å². The van der Waals surface area contributed by atoms with Gasteiger partial charge in [0.05, 0.1) is 0 Å². The normalized spacial score (nSPS) is 13.4. The third kappa shape index (κ3) is 20.8. The molecule has 2 aromatic rings. The van der Waals surface area contributed by atoms with Gasteiger partial charge in [0.2, 0.25) is 11.8 Å². The van der Waals surface area contributed by atoms with Crippen LogP contribution in [0.2, 0.25) is 0 Å². The van der Waals surface area contributed by atoms with Gasteiger partial charge in [-0.25, -0.2) is 24.0 Å². The summed E-state index contributed by atoms with van der Waals surface area (Å²) >= 11 is 0. The fraction of sp³-hybridized carbons (Fsp3) is 0.500. The van der Waals surface area contributed by atoms with Crippen molar-refractivity contribution < 1.29 is 66.8 Å². The molecule has 0 saturated heterocycles. The SMILES string of the molecule is CC[C@@H](C)[C@H](NC(=O)[C@@H](CCCCNC(=O)OCc1ccccc1)NC(=O)N[C@@H](CCCCN)C(=O)O)C(=O)N[C@@H](Cc1ccccc1)C(=O)O.O=C(O)C(F)(F)F. The zero-order valence-electron chi connectivity index (χ0n) is 32.3. The number of carboxylic acid groups (broad SMARTS) is 3. The molecular formula is C38H53F3N6O11. The Morgan fingerprint density at radius 2 is 1.22 bits per heavy atom. The monoisotopic (exact) mass is 826 g/mol. The molecule has 0 heterocycles. The van der Waals surface area contributed by atoms with Crippen LogP contribution in [0, 0.1) is 5.92 Å². The van der Waals surface area contributed by atoms with Crippen molar-refractivity contribution in [2.75, 3.05) is 13.1 Å². The van der Waals surface area contributed by atoms with Crippen LogP contribution in [0.1, 0.15) is 69.9 Å². The number of benzene rings is 2. The summed E-state index contributed by atoms with van der Waals surface area (Å²) in [7, 11) is 0. The van der Waals surface area contributed by atoms with Crippen LogP contribution in [-0.2, 0) is 41.7 Å². The molecule has 10 N–H and O–H groups in total. The van der Waals surface area contributed by atoms with Gasteiger partial charge in [-0.1, -0.05) is 80.9 Å². The molecule has 2 aromatic carbocycles. The molecule has 0 spiro atoms. The summed E-state index contributed by atoms with van der Waals surface area (Å²) in [4.78, 5) is 85.0. The van der Waals surface area contributed by atoms with Gasteiger partial charge in [0, 0.05) is 13.0 Å². The molecule has 58 heavy (non-hydrogen) atoms. The minimum Gasteiger partial charge on any atom is -0.480 e. The predicted molar refractivity (Wildman–Crippen MR) is 203 cm³/mol. The fourth-order valence-electron chi connectivity index (χ4n) is 5.08. The van der Waals surface area contributed by atoms with Gasteiger partial charge >= 0.3 is 36.2 Å². The van der Waals surface area contributed by atoms with E-state index in [1.165, 1.54) is 0 Å². The molecule has 0 aromatic heterocycles. The highest BCUT2D eigenvalue weighted by Gasteiger charge is 2.38.